The van der Waals surface area contributed by atoms with Gasteiger partial charge in [-0.3, -0.25) is 9.59 Å². The van der Waals surface area contributed by atoms with Crippen LogP contribution in [-0.4, -0.2) is 28.9 Å². The van der Waals surface area contributed by atoms with Gasteiger partial charge in [0.15, 0.2) is 17.8 Å². The number of hydrogen-bond donors (Lipinski definition) is 2. The summed E-state index contributed by atoms with van der Waals surface area (Å²) in [6.45, 7) is -0.651. The molecule has 6 nitrogen and oxygen atoms in total. The van der Waals surface area contributed by atoms with Gasteiger partial charge in [0.05, 0.1) is 6.26 Å². The molecule has 2 heterocycles. The molecule has 0 spiro atoms. The molecule has 0 aromatic carbocycles. The first kappa shape index (κ1) is 13.9. The normalized spacial score (nSPS) is 9.44. The van der Waals surface area contributed by atoms with Gasteiger partial charge < -0.3 is 19.0 Å². The van der Waals surface area contributed by atoms with E-state index in [1.807, 2.05) is 0 Å². The first-order valence-corrected chi connectivity index (χ1v) is 5.03. The molecule has 6 heteroatoms. The number of rotatable bonds is 4. The highest BCUT2D eigenvalue weighted by molar-refractivity contribution is 5.94. The van der Waals surface area contributed by atoms with Gasteiger partial charge in [-0.15, -0.1) is 0 Å². The number of carbonyl (C=O) groups excluding carboxylic acids is 2. The molecular formula is C12H12O6. The zero-order valence-electron chi connectivity index (χ0n) is 9.41. The van der Waals surface area contributed by atoms with Crippen LogP contribution in [0.25, 0.3) is 0 Å². The summed E-state index contributed by atoms with van der Waals surface area (Å²) in [6, 6.07) is 6.18. The number of hydrogen-bond acceptors (Lipinski definition) is 6. The van der Waals surface area contributed by atoms with Crippen molar-refractivity contribution in [1.29, 1.82) is 0 Å². The second-order valence-electron chi connectivity index (χ2n) is 3.14. The van der Waals surface area contributed by atoms with Gasteiger partial charge >= 0.3 is 0 Å². The van der Waals surface area contributed by atoms with E-state index in [4.69, 9.17) is 14.6 Å². The second kappa shape index (κ2) is 7.21. The first-order valence-electron chi connectivity index (χ1n) is 5.03. The molecule has 0 saturated heterocycles. The van der Waals surface area contributed by atoms with E-state index in [2.05, 4.69) is 4.42 Å². The van der Waals surface area contributed by atoms with Crippen LogP contribution in [0.2, 0.25) is 0 Å². The fraction of sp³-hybridized carbons (Fsp3) is 0.167. The predicted octanol–water partition coefficient (Wildman–Crippen LogP) is 1.04. The Hall–Kier alpha value is -2.18. The summed E-state index contributed by atoms with van der Waals surface area (Å²) in [7, 11) is 0. The van der Waals surface area contributed by atoms with E-state index in [1.165, 1.54) is 18.4 Å². The molecule has 0 aliphatic carbocycles. The van der Waals surface area contributed by atoms with Gasteiger partial charge in [-0.2, -0.15) is 0 Å². The molecule has 0 unspecified atom stereocenters. The summed E-state index contributed by atoms with van der Waals surface area (Å²) < 4.78 is 9.44. The van der Waals surface area contributed by atoms with Crippen LogP contribution in [0.5, 0.6) is 0 Å². The molecule has 0 fully saturated rings. The Bertz CT molecular complexity index is 482. The summed E-state index contributed by atoms with van der Waals surface area (Å²) in [4.78, 5) is 20.5. The monoisotopic (exact) mass is 252 g/mol. The van der Waals surface area contributed by atoms with Crippen molar-refractivity contribution >= 4 is 12.1 Å². The number of aliphatic hydroxyl groups is 2. The minimum atomic E-state index is -0.493. The molecule has 0 atom stereocenters. The van der Waals surface area contributed by atoms with Crippen molar-refractivity contribution in [3.8, 4) is 0 Å². The molecule has 18 heavy (non-hydrogen) atoms. The van der Waals surface area contributed by atoms with E-state index < -0.39 is 6.61 Å². The molecular weight excluding hydrogens is 240 g/mol. The zero-order chi connectivity index (χ0) is 13.4. The fourth-order valence-electron chi connectivity index (χ4n) is 1.06. The van der Waals surface area contributed by atoms with Gasteiger partial charge in [0.2, 0.25) is 5.78 Å². The summed E-state index contributed by atoms with van der Waals surface area (Å²) in [5.41, 5.74) is 0. The van der Waals surface area contributed by atoms with Crippen molar-refractivity contribution in [3.05, 3.63) is 47.8 Å². The van der Waals surface area contributed by atoms with Crippen LogP contribution in [0.4, 0.5) is 0 Å². The first-order chi connectivity index (χ1) is 8.71. The van der Waals surface area contributed by atoms with Gasteiger partial charge in [0.25, 0.3) is 0 Å². The maximum atomic E-state index is 10.5. The SMILES string of the molecule is O=C(CO)c1ccco1.O=Cc1ccc(CO)o1. The van der Waals surface area contributed by atoms with Crippen LogP contribution >= 0.6 is 0 Å². The smallest absolute Gasteiger partial charge is 0.223 e. The lowest BCUT2D eigenvalue weighted by atomic mass is 10.3. The second-order valence-corrected chi connectivity index (χ2v) is 3.14. The van der Waals surface area contributed by atoms with E-state index in [-0.39, 0.29) is 23.9 Å². The average Bonchev–Trinajstić information content (AvgIpc) is 3.09. The van der Waals surface area contributed by atoms with E-state index in [0.29, 0.717) is 12.0 Å². The number of carbonyl (C=O) groups is 2. The summed E-state index contributed by atoms with van der Waals surface area (Å²) in [5, 5.41) is 16.7. The topological polar surface area (TPSA) is 101 Å². The number of ketones is 1. The van der Waals surface area contributed by atoms with Crippen molar-refractivity contribution in [1.82, 2.24) is 0 Å². The fourth-order valence-corrected chi connectivity index (χ4v) is 1.06. The number of Topliss-reactive ketones (excluding diaryl/α,β-unsaturated/α-hetero) is 1. The lowest BCUT2D eigenvalue weighted by Crippen LogP contribution is -2.01. The quantitative estimate of drug-likeness (QED) is 0.622. The summed E-state index contributed by atoms with van der Waals surface area (Å²) >= 11 is 0. The maximum Gasteiger partial charge on any atom is 0.223 e. The highest BCUT2D eigenvalue weighted by atomic mass is 16.4. The lowest BCUT2D eigenvalue weighted by Gasteiger charge is -1.85. The highest BCUT2D eigenvalue weighted by Crippen LogP contribution is 2.04. The van der Waals surface area contributed by atoms with Crippen LogP contribution in [0.15, 0.2) is 39.4 Å². The molecule has 96 valence electrons. The third-order valence-corrected chi connectivity index (χ3v) is 1.89. The van der Waals surface area contributed by atoms with E-state index in [1.54, 1.807) is 12.1 Å². The summed E-state index contributed by atoms with van der Waals surface area (Å²) in [5.74, 6) is 0.480. The molecule has 2 N–H and O–H groups in total. The molecule has 0 amide bonds. The predicted molar refractivity (Wildman–Crippen MR) is 60.1 cm³/mol. The van der Waals surface area contributed by atoms with Crippen molar-refractivity contribution < 1.29 is 28.6 Å². The van der Waals surface area contributed by atoms with Crippen molar-refractivity contribution in [2.45, 2.75) is 6.61 Å². The van der Waals surface area contributed by atoms with Crippen molar-refractivity contribution in [3.63, 3.8) is 0 Å². The number of aldehydes is 1. The van der Waals surface area contributed by atoms with E-state index >= 15 is 0 Å². The minimum absolute atomic E-state index is 0.159. The molecule has 0 aliphatic rings. The van der Waals surface area contributed by atoms with Gasteiger partial charge in [0, 0.05) is 0 Å². The molecule has 2 aromatic rings. The van der Waals surface area contributed by atoms with Crippen molar-refractivity contribution in [2.24, 2.45) is 0 Å². The molecule has 2 rings (SSSR count). The molecule has 0 bridgehead atoms. The van der Waals surface area contributed by atoms with Gasteiger partial charge in [0.1, 0.15) is 19.0 Å². The average molecular weight is 252 g/mol. The largest absolute Gasteiger partial charge is 0.461 e. The van der Waals surface area contributed by atoms with Crippen molar-refractivity contribution in [2.75, 3.05) is 6.61 Å². The molecule has 2 aromatic heterocycles. The number of furan rings is 2. The van der Waals surface area contributed by atoms with Crippen LogP contribution in [0.3, 0.4) is 0 Å². The van der Waals surface area contributed by atoms with Gasteiger partial charge in [-0.05, 0) is 24.3 Å². The molecule has 0 radical (unpaired) electrons. The Kier molecular flexibility index (Phi) is 5.56. The van der Waals surface area contributed by atoms with Gasteiger partial charge in [-0.1, -0.05) is 0 Å². The van der Waals surface area contributed by atoms with E-state index in [0.717, 1.165) is 0 Å². The van der Waals surface area contributed by atoms with Crippen LogP contribution in [-0.2, 0) is 6.61 Å². The Labute approximate surface area is 102 Å². The Morgan fingerprint density at radius 1 is 1.28 bits per heavy atom. The standard InChI is InChI=1S/2C6H6O3/c7-3-5-1-2-6(4-8)9-5;7-4-5(8)6-2-1-3-9-6/h1-3,8H,4H2;1-3,7H,4H2. The third-order valence-electron chi connectivity index (χ3n) is 1.89. The molecule has 0 aliphatic heterocycles. The maximum absolute atomic E-state index is 10.5. The third kappa shape index (κ3) is 4.00. The van der Waals surface area contributed by atoms with Crippen LogP contribution < -0.4 is 0 Å². The molecule has 0 saturated carbocycles. The highest BCUT2D eigenvalue weighted by Gasteiger charge is 2.04. The van der Waals surface area contributed by atoms with E-state index in [9.17, 15) is 9.59 Å². The Morgan fingerprint density at radius 3 is 2.44 bits per heavy atom. The number of aliphatic hydroxyl groups excluding tert-OH is 2. The Morgan fingerprint density at radius 2 is 2.06 bits per heavy atom. The lowest BCUT2D eigenvalue weighted by molar-refractivity contribution is 0.0875. The summed E-state index contributed by atoms with van der Waals surface area (Å²) in [6.07, 6.45) is 1.99. The van der Waals surface area contributed by atoms with Crippen LogP contribution in [0, 0.1) is 0 Å². The zero-order valence-corrected chi connectivity index (χ0v) is 9.41. The van der Waals surface area contributed by atoms with Gasteiger partial charge in [-0.25, -0.2) is 0 Å². The minimum Gasteiger partial charge on any atom is -0.461 e. The van der Waals surface area contributed by atoms with Crippen LogP contribution in [0.1, 0.15) is 26.9 Å². The Balaban J connectivity index is 0.000000180.